The molecule has 0 aromatic heterocycles. The minimum absolute atomic E-state index is 0.148. The lowest BCUT2D eigenvalue weighted by Gasteiger charge is -2.32. The zero-order chi connectivity index (χ0) is 17.6. The summed E-state index contributed by atoms with van der Waals surface area (Å²) >= 11 is 0. The molecule has 0 bridgehead atoms. The fourth-order valence-electron chi connectivity index (χ4n) is 3.61. The van der Waals surface area contributed by atoms with Gasteiger partial charge in [0, 0.05) is 50.6 Å². The Balaban J connectivity index is 1.49. The van der Waals surface area contributed by atoms with E-state index in [1.807, 2.05) is 29.2 Å². The van der Waals surface area contributed by atoms with Crippen molar-refractivity contribution in [1.29, 1.82) is 0 Å². The molecule has 5 heteroatoms. The Labute approximate surface area is 151 Å². The summed E-state index contributed by atoms with van der Waals surface area (Å²) in [7, 11) is 2.10. The second-order valence-corrected chi connectivity index (χ2v) is 7.35. The summed E-state index contributed by atoms with van der Waals surface area (Å²) in [5.74, 6) is 0.820. The summed E-state index contributed by atoms with van der Waals surface area (Å²) in [5.41, 5.74) is 1.88. The van der Waals surface area contributed by atoms with Crippen LogP contribution in [0.15, 0.2) is 24.3 Å². The quantitative estimate of drug-likeness (QED) is 0.891. The van der Waals surface area contributed by atoms with Gasteiger partial charge in [0.05, 0.1) is 6.10 Å². The number of ether oxygens (including phenoxy) is 1. The number of piperazine rings is 1. The first kappa shape index (κ1) is 18.2. The topological polar surface area (TPSA) is 44.8 Å². The number of benzene rings is 1. The zero-order valence-electron chi connectivity index (χ0n) is 15.5. The van der Waals surface area contributed by atoms with Gasteiger partial charge < -0.3 is 19.9 Å². The van der Waals surface area contributed by atoms with Crippen LogP contribution in [0.25, 0.3) is 0 Å². The number of nitrogens with zero attached hydrogens (tertiary/aromatic N) is 2. The molecule has 2 fully saturated rings. The van der Waals surface area contributed by atoms with Gasteiger partial charge in [0.15, 0.2) is 0 Å². The normalized spacial score (nSPS) is 25.0. The fraction of sp³-hybridized carbons (Fsp3) is 0.650. The standard InChI is InChI=1S/C20H31N3O2/c1-3-19-14-16(8-13-25-19)15-21-18-6-4-17(5-7-18)20(24)23-11-9-22(2)10-12-23/h4-7,16,19,21H,3,8-15H2,1-2H3/t16-,19-/m0/s1. The van der Waals surface area contributed by atoms with Gasteiger partial charge in [0.2, 0.25) is 0 Å². The average molecular weight is 345 g/mol. The molecule has 0 saturated carbocycles. The molecule has 2 aliphatic rings. The van der Waals surface area contributed by atoms with E-state index in [2.05, 4.69) is 24.2 Å². The van der Waals surface area contributed by atoms with Crippen molar-refractivity contribution in [2.75, 3.05) is 51.7 Å². The molecule has 0 aliphatic carbocycles. The molecule has 2 saturated heterocycles. The Bertz CT molecular complexity index is 553. The molecule has 2 heterocycles. The minimum Gasteiger partial charge on any atom is -0.385 e. The lowest BCUT2D eigenvalue weighted by Crippen LogP contribution is -2.47. The number of hydrogen-bond acceptors (Lipinski definition) is 4. The predicted molar refractivity (Wildman–Crippen MR) is 101 cm³/mol. The van der Waals surface area contributed by atoms with Gasteiger partial charge in [-0.3, -0.25) is 4.79 Å². The highest BCUT2D eigenvalue weighted by Crippen LogP contribution is 2.23. The SMILES string of the molecule is CC[C@H]1C[C@@H](CNc2ccc(C(=O)N3CCN(C)CC3)cc2)CCO1. The number of carbonyl (C=O) groups excluding carboxylic acids is 1. The van der Waals surface area contributed by atoms with E-state index in [1.165, 1.54) is 0 Å². The van der Waals surface area contributed by atoms with Crippen molar-refractivity contribution >= 4 is 11.6 Å². The van der Waals surface area contributed by atoms with E-state index in [9.17, 15) is 4.79 Å². The van der Waals surface area contributed by atoms with Crippen LogP contribution in [0.1, 0.15) is 36.5 Å². The van der Waals surface area contributed by atoms with Gasteiger partial charge in [0.25, 0.3) is 5.91 Å². The number of rotatable bonds is 5. The Kier molecular flexibility index (Phi) is 6.32. The van der Waals surface area contributed by atoms with Crippen LogP contribution in [0.5, 0.6) is 0 Å². The van der Waals surface area contributed by atoms with Crippen LogP contribution in [0, 0.1) is 5.92 Å². The molecule has 0 unspecified atom stereocenters. The molecular formula is C20H31N3O2. The third-order valence-electron chi connectivity index (χ3n) is 5.45. The van der Waals surface area contributed by atoms with Gasteiger partial charge in [-0.05, 0) is 56.5 Å². The summed E-state index contributed by atoms with van der Waals surface area (Å²) in [6, 6.07) is 7.95. The molecule has 0 spiro atoms. The second-order valence-electron chi connectivity index (χ2n) is 7.35. The van der Waals surface area contributed by atoms with Crippen LogP contribution in [0.3, 0.4) is 0 Å². The van der Waals surface area contributed by atoms with E-state index < -0.39 is 0 Å². The van der Waals surface area contributed by atoms with Crippen molar-refractivity contribution in [3.63, 3.8) is 0 Å². The third-order valence-corrected chi connectivity index (χ3v) is 5.45. The molecule has 2 aliphatic heterocycles. The molecule has 0 radical (unpaired) electrons. The lowest BCUT2D eigenvalue weighted by atomic mass is 9.94. The molecule has 2 atom stereocenters. The van der Waals surface area contributed by atoms with Gasteiger partial charge >= 0.3 is 0 Å². The largest absolute Gasteiger partial charge is 0.385 e. The number of hydrogen-bond donors (Lipinski definition) is 1. The van der Waals surface area contributed by atoms with Crippen molar-refractivity contribution in [2.45, 2.75) is 32.3 Å². The monoisotopic (exact) mass is 345 g/mol. The molecule has 1 N–H and O–H groups in total. The van der Waals surface area contributed by atoms with E-state index in [-0.39, 0.29) is 5.91 Å². The minimum atomic E-state index is 0.148. The Morgan fingerprint density at radius 1 is 1.20 bits per heavy atom. The van der Waals surface area contributed by atoms with Crippen LogP contribution in [-0.4, -0.2) is 68.2 Å². The highest BCUT2D eigenvalue weighted by Gasteiger charge is 2.22. The number of nitrogens with one attached hydrogen (secondary N) is 1. The van der Waals surface area contributed by atoms with Gasteiger partial charge in [-0.15, -0.1) is 0 Å². The van der Waals surface area contributed by atoms with E-state index in [0.29, 0.717) is 12.0 Å². The maximum atomic E-state index is 12.6. The number of likely N-dealkylation sites (N-methyl/N-ethyl adjacent to an activating group) is 1. The highest BCUT2D eigenvalue weighted by molar-refractivity contribution is 5.94. The van der Waals surface area contributed by atoms with Crippen LogP contribution in [0.4, 0.5) is 5.69 Å². The summed E-state index contributed by atoms with van der Waals surface area (Å²) < 4.78 is 5.74. The third kappa shape index (κ3) is 4.95. The summed E-state index contributed by atoms with van der Waals surface area (Å²) in [6.45, 7) is 7.59. The van der Waals surface area contributed by atoms with E-state index in [0.717, 1.165) is 69.8 Å². The van der Waals surface area contributed by atoms with Gasteiger partial charge in [-0.1, -0.05) is 6.92 Å². The zero-order valence-corrected chi connectivity index (χ0v) is 15.5. The Morgan fingerprint density at radius 3 is 2.60 bits per heavy atom. The lowest BCUT2D eigenvalue weighted by molar-refractivity contribution is -0.00759. The molecular weight excluding hydrogens is 314 g/mol. The molecule has 3 rings (SSSR count). The number of amides is 1. The molecule has 138 valence electrons. The van der Waals surface area contributed by atoms with Gasteiger partial charge in [0.1, 0.15) is 0 Å². The van der Waals surface area contributed by atoms with Crippen molar-refractivity contribution in [1.82, 2.24) is 9.80 Å². The number of anilines is 1. The first-order valence-electron chi connectivity index (χ1n) is 9.59. The maximum absolute atomic E-state index is 12.6. The van der Waals surface area contributed by atoms with E-state index >= 15 is 0 Å². The molecule has 5 nitrogen and oxygen atoms in total. The summed E-state index contributed by atoms with van der Waals surface area (Å²) in [5, 5.41) is 3.52. The molecule has 1 aromatic rings. The summed E-state index contributed by atoms with van der Waals surface area (Å²) in [4.78, 5) is 16.8. The van der Waals surface area contributed by atoms with E-state index in [4.69, 9.17) is 4.74 Å². The van der Waals surface area contributed by atoms with Gasteiger partial charge in [-0.2, -0.15) is 0 Å². The molecule has 1 aromatic carbocycles. The van der Waals surface area contributed by atoms with Crippen LogP contribution < -0.4 is 5.32 Å². The van der Waals surface area contributed by atoms with Crippen molar-refractivity contribution < 1.29 is 9.53 Å². The van der Waals surface area contributed by atoms with Crippen LogP contribution in [-0.2, 0) is 4.74 Å². The van der Waals surface area contributed by atoms with Crippen LogP contribution in [0.2, 0.25) is 0 Å². The highest BCUT2D eigenvalue weighted by atomic mass is 16.5. The first-order valence-corrected chi connectivity index (χ1v) is 9.59. The van der Waals surface area contributed by atoms with Crippen molar-refractivity contribution in [2.24, 2.45) is 5.92 Å². The first-order chi connectivity index (χ1) is 12.2. The smallest absolute Gasteiger partial charge is 0.253 e. The molecule has 1 amide bonds. The Hall–Kier alpha value is -1.59. The Morgan fingerprint density at radius 2 is 1.92 bits per heavy atom. The fourth-order valence-corrected chi connectivity index (χ4v) is 3.61. The predicted octanol–water partition coefficient (Wildman–Crippen LogP) is 2.69. The molecule has 25 heavy (non-hydrogen) atoms. The number of carbonyl (C=O) groups is 1. The van der Waals surface area contributed by atoms with Crippen LogP contribution >= 0.6 is 0 Å². The van der Waals surface area contributed by atoms with E-state index in [1.54, 1.807) is 0 Å². The summed E-state index contributed by atoms with van der Waals surface area (Å²) in [6.07, 6.45) is 3.79. The maximum Gasteiger partial charge on any atom is 0.253 e. The van der Waals surface area contributed by atoms with Crippen molar-refractivity contribution in [3.8, 4) is 0 Å². The van der Waals surface area contributed by atoms with Gasteiger partial charge in [-0.25, -0.2) is 0 Å². The van der Waals surface area contributed by atoms with Crippen molar-refractivity contribution in [3.05, 3.63) is 29.8 Å². The average Bonchev–Trinajstić information content (AvgIpc) is 2.67. The second kappa shape index (κ2) is 8.68.